The van der Waals surface area contributed by atoms with Crippen LogP contribution in [0.25, 0.3) is 0 Å². The van der Waals surface area contributed by atoms with Crippen molar-refractivity contribution in [3.63, 3.8) is 0 Å². The van der Waals surface area contributed by atoms with E-state index in [0.29, 0.717) is 0 Å². The molecule has 0 saturated heterocycles. The SMILES string of the molecule is CN(C)C(P(=O)(O)O)P(=O)(O)O.NC(c1ccccc1)(P(=O)(O)O)P(=O)(O)O. The molecule has 0 aliphatic heterocycles. The van der Waals surface area contributed by atoms with E-state index in [-0.39, 0.29) is 5.56 Å². The zero-order valence-corrected chi connectivity index (χ0v) is 18.1. The Balaban J connectivity index is 0.000000546. The van der Waals surface area contributed by atoms with Crippen molar-refractivity contribution in [3.8, 4) is 0 Å². The number of nitrogens with two attached hydrogens (primary N) is 1. The molecule has 0 aliphatic rings. The Bertz CT molecular complexity index is 793. The van der Waals surface area contributed by atoms with Gasteiger partial charge in [0.2, 0.25) is 10.5 Å². The maximum absolute atomic E-state index is 11.2. The summed E-state index contributed by atoms with van der Waals surface area (Å²) >= 11 is 0. The van der Waals surface area contributed by atoms with Crippen molar-refractivity contribution in [1.29, 1.82) is 0 Å². The molecular formula is C10H22N2O12P4. The van der Waals surface area contributed by atoms with Crippen molar-refractivity contribution >= 4 is 30.4 Å². The van der Waals surface area contributed by atoms with E-state index in [1.54, 1.807) is 0 Å². The van der Waals surface area contributed by atoms with E-state index >= 15 is 0 Å². The van der Waals surface area contributed by atoms with Crippen LogP contribution in [0.4, 0.5) is 0 Å². The maximum Gasteiger partial charge on any atom is 0.362 e. The molecule has 14 nitrogen and oxygen atoms in total. The number of nitrogens with zero attached hydrogens (tertiary/aromatic N) is 1. The molecule has 0 fully saturated rings. The smallest absolute Gasteiger partial charge is 0.323 e. The van der Waals surface area contributed by atoms with E-state index in [1.165, 1.54) is 32.3 Å². The lowest BCUT2D eigenvalue weighted by molar-refractivity contribution is 0.280. The summed E-state index contributed by atoms with van der Waals surface area (Å²) in [5.41, 5.74) is 2.89. The molecule has 18 heteroatoms. The lowest BCUT2D eigenvalue weighted by Gasteiger charge is -2.30. The Kier molecular flexibility index (Phi) is 9.17. The van der Waals surface area contributed by atoms with Crippen molar-refractivity contribution in [2.75, 3.05) is 14.1 Å². The highest BCUT2D eigenvalue weighted by Crippen LogP contribution is 2.71. The van der Waals surface area contributed by atoms with Gasteiger partial charge in [0, 0.05) is 0 Å². The monoisotopic (exact) mass is 486 g/mol. The van der Waals surface area contributed by atoms with Gasteiger partial charge in [-0.3, -0.25) is 23.2 Å². The second kappa shape index (κ2) is 9.26. The predicted molar refractivity (Wildman–Crippen MR) is 98.0 cm³/mol. The lowest BCUT2D eigenvalue weighted by atomic mass is 10.2. The molecule has 0 atom stereocenters. The van der Waals surface area contributed by atoms with Crippen molar-refractivity contribution in [2.24, 2.45) is 5.73 Å². The molecule has 0 aromatic heterocycles. The normalized spacial score (nSPS) is 14.0. The minimum atomic E-state index is -5.22. The fraction of sp³-hybridized carbons (Fsp3) is 0.400. The largest absolute Gasteiger partial charge is 0.362 e. The van der Waals surface area contributed by atoms with Gasteiger partial charge in [0.25, 0.3) is 0 Å². The summed E-state index contributed by atoms with van der Waals surface area (Å²) in [6.45, 7) is 0. The van der Waals surface area contributed by atoms with Gasteiger partial charge in [0.05, 0.1) is 0 Å². The summed E-state index contributed by atoms with van der Waals surface area (Å²) in [6.07, 6.45) is 0. The average Bonchev–Trinajstić information content (AvgIpc) is 2.41. The first-order valence-corrected chi connectivity index (χ1v) is 13.5. The van der Waals surface area contributed by atoms with Crippen molar-refractivity contribution < 1.29 is 57.4 Å². The molecule has 0 heterocycles. The van der Waals surface area contributed by atoms with Crippen LogP contribution in [-0.2, 0) is 23.3 Å². The Hall–Kier alpha value is -0.260. The number of rotatable bonds is 6. The van der Waals surface area contributed by atoms with Crippen LogP contribution >= 0.6 is 30.4 Å². The van der Waals surface area contributed by atoms with Gasteiger partial charge in [-0.05, 0) is 19.7 Å². The van der Waals surface area contributed by atoms with Crippen LogP contribution in [0.5, 0.6) is 0 Å². The maximum atomic E-state index is 11.2. The molecule has 0 amide bonds. The molecule has 0 saturated carbocycles. The number of benzene rings is 1. The predicted octanol–water partition coefficient (Wildman–Crippen LogP) is -0.702. The third-order valence-electron chi connectivity index (χ3n) is 3.15. The average molecular weight is 486 g/mol. The van der Waals surface area contributed by atoms with Gasteiger partial charge < -0.3 is 44.9 Å². The molecule has 1 aromatic carbocycles. The standard InChI is InChI=1S/C7H11NO6P2.C3H11NO6P2/c8-7(15(9,10)11,16(12,13)14)6-4-2-1-3-5-6;1-4(2)3(11(5,6)7)12(8,9)10/h1-5H,8H2,(H2,9,10,11)(H2,12,13,14);3H,1-2H3,(H2,5,6,7)(H2,8,9,10). The third kappa shape index (κ3) is 6.91. The van der Waals surface area contributed by atoms with Crippen LogP contribution in [0.2, 0.25) is 0 Å². The van der Waals surface area contributed by atoms with Crippen LogP contribution in [0, 0.1) is 0 Å². The topological polar surface area (TPSA) is 259 Å². The van der Waals surface area contributed by atoms with Crippen LogP contribution < -0.4 is 5.73 Å². The van der Waals surface area contributed by atoms with E-state index < -0.39 is 40.9 Å². The first-order chi connectivity index (χ1) is 12.2. The molecular weight excluding hydrogens is 464 g/mol. The second-order valence-electron chi connectivity index (χ2n) is 5.67. The van der Waals surface area contributed by atoms with Gasteiger partial charge in [0.15, 0.2) is 0 Å². The van der Waals surface area contributed by atoms with Crippen molar-refractivity contribution in [2.45, 2.75) is 10.5 Å². The van der Waals surface area contributed by atoms with E-state index in [2.05, 4.69) is 0 Å². The molecule has 0 unspecified atom stereocenters. The second-order valence-corrected chi connectivity index (χ2v) is 13.4. The fourth-order valence-corrected chi connectivity index (χ4v) is 7.09. The molecule has 10 N–H and O–H groups in total. The minimum absolute atomic E-state index is 0.309. The summed E-state index contributed by atoms with van der Waals surface area (Å²) in [5, 5.41) is -3.00. The molecule has 164 valence electrons. The molecule has 0 radical (unpaired) electrons. The Labute approximate surface area is 159 Å². The number of hydrogen-bond acceptors (Lipinski definition) is 6. The summed E-state index contributed by atoms with van der Waals surface area (Å²) in [7, 11) is -17.6. The van der Waals surface area contributed by atoms with Gasteiger partial charge >= 0.3 is 30.4 Å². The Morgan fingerprint density at radius 1 is 0.786 bits per heavy atom. The van der Waals surface area contributed by atoms with E-state index in [1.807, 2.05) is 0 Å². The summed E-state index contributed by atoms with van der Waals surface area (Å²) in [4.78, 5) is 71.1. The van der Waals surface area contributed by atoms with E-state index in [4.69, 9.17) is 44.9 Å². The quantitative estimate of drug-likeness (QED) is 0.225. The summed E-state index contributed by atoms with van der Waals surface area (Å²) < 4.78 is 43.5. The van der Waals surface area contributed by atoms with Crippen LogP contribution in [0.1, 0.15) is 5.56 Å². The first kappa shape index (κ1) is 27.7. The molecule has 0 bridgehead atoms. The Morgan fingerprint density at radius 2 is 1.11 bits per heavy atom. The zero-order valence-electron chi connectivity index (χ0n) is 14.5. The van der Waals surface area contributed by atoms with E-state index in [9.17, 15) is 18.3 Å². The van der Waals surface area contributed by atoms with Crippen molar-refractivity contribution in [3.05, 3.63) is 35.9 Å². The summed E-state index contributed by atoms with van der Waals surface area (Å²) in [5.74, 6) is 0. The van der Waals surface area contributed by atoms with E-state index in [0.717, 1.165) is 17.0 Å². The van der Waals surface area contributed by atoms with Gasteiger partial charge in [-0.1, -0.05) is 30.3 Å². The molecule has 0 aliphatic carbocycles. The minimum Gasteiger partial charge on any atom is -0.323 e. The molecule has 1 rings (SSSR count). The molecule has 0 spiro atoms. The van der Waals surface area contributed by atoms with Gasteiger partial charge in [-0.15, -0.1) is 0 Å². The Morgan fingerprint density at radius 3 is 1.29 bits per heavy atom. The fourth-order valence-electron chi connectivity index (χ4n) is 1.99. The van der Waals surface area contributed by atoms with Gasteiger partial charge in [0.1, 0.15) is 0 Å². The molecule has 28 heavy (non-hydrogen) atoms. The van der Waals surface area contributed by atoms with Gasteiger partial charge in [-0.25, -0.2) is 0 Å². The highest BCUT2D eigenvalue weighted by Gasteiger charge is 2.58. The van der Waals surface area contributed by atoms with Gasteiger partial charge in [-0.2, -0.15) is 0 Å². The zero-order chi connectivity index (χ0) is 22.8. The highest BCUT2D eigenvalue weighted by atomic mass is 31.2. The van der Waals surface area contributed by atoms with Crippen molar-refractivity contribution in [1.82, 2.24) is 4.90 Å². The highest BCUT2D eigenvalue weighted by molar-refractivity contribution is 7.71. The van der Waals surface area contributed by atoms with Crippen LogP contribution in [-0.4, -0.2) is 63.7 Å². The number of hydrogen-bond donors (Lipinski definition) is 9. The summed E-state index contributed by atoms with van der Waals surface area (Å²) in [6, 6.07) is 6.59. The molecule has 1 aromatic rings. The first-order valence-electron chi connectivity index (χ1n) is 6.90. The van der Waals surface area contributed by atoms with Crippen LogP contribution in [0.15, 0.2) is 30.3 Å². The third-order valence-corrected chi connectivity index (χ3v) is 10.9. The van der Waals surface area contributed by atoms with Crippen LogP contribution in [0.3, 0.4) is 0 Å². The lowest BCUT2D eigenvalue weighted by Crippen LogP contribution is -2.36.